The van der Waals surface area contributed by atoms with Crippen molar-refractivity contribution in [3.05, 3.63) is 72.5 Å². The van der Waals surface area contributed by atoms with Crippen LogP contribution in [0.2, 0.25) is 0 Å². The van der Waals surface area contributed by atoms with Gasteiger partial charge in [0.15, 0.2) is 5.76 Å². The van der Waals surface area contributed by atoms with Crippen LogP contribution < -0.4 is 5.32 Å². The van der Waals surface area contributed by atoms with Gasteiger partial charge < -0.3 is 9.73 Å². The van der Waals surface area contributed by atoms with E-state index >= 15 is 0 Å². The highest BCUT2D eigenvalue weighted by Gasteiger charge is 2.12. The summed E-state index contributed by atoms with van der Waals surface area (Å²) in [6.07, 6.45) is 5.12. The van der Waals surface area contributed by atoms with Crippen LogP contribution in [-0.4, -0.2) is 25.9 Å². The highest BCUT2D eigenvalue weighted by Crippen LogP contribution is 2.18. The van der Waals surface area contributed by atoms with E-state index in [1.165, 1.54) is 0 Å². The van der Waals surface area contributed by atoms with E-state index in [9.17, 15) is 4.79 Å². The van der Waals surface area contributed by atoms with Crippen molar-refractivity contribution in [1.29, 1.82) is 0 Å². The number of aromatic nitrogens is 4. The van der Waals surface area contributed by atoms with E-state index in [4.69, 9.17) is 4.42 Å². The molecule has 0 radical (unpaired) electrons. The van der Waals surface area contributed by atoms with Crippen LogP contribution in [0.25, 0.3) is 16.7 Å². The number of furan rings is 1. The molecule has 0 fully saturated rings. The van der Waals surface area contributed by atoms with Gasteiger partial charge in [-0.1, -0.05) is 23.4 Å². The number of rotatable bonds is 4. The zero-order valence-corrected chi connectivity index (χ0v) is 12.6. The molecule has 7 nitrogen and oxygen atoms in total. The first-order chi connectivity index (χ1) is 11.8. The Bertz CT molecular complexity index is 957. The number of carbonyl (C=O) groups is 1. The molecule has 24 heavy (non-hydrogen) atoms. The van der Waals surface area contributed by atoms with Crippen LogP contribution in [0.1, 0.15) is 16.2 Å². The number of hydrogen-bond acceptors (Lipinski definition) is 5. The predicted molar refractivity (Wildman–Crippen MR) is 86.5 cm³/mol. The van der Waals surface area contributed by atoms with E-state index < -0.39 is 0 Å². The Morgan fingerprint density at radius 1 is 1.21 bits per heavy atom. The molecule has 118 valence electrons. The van der Waals surface area contributed by atoms with Gasteiger partial charge in [-0.15, -0.1) is 5.10 Å². The number of hydrogen-bond donors (Lipinski definition) is 1. The van der Waals surface area contributed by atoms with Crippen molar-refractivity contribution in [3.8, 4) is 5.69 Å². The lowest BCUT2D eigenvalue weighted by Gasteiger charge is -1.99. The van der Waals surface area contributed by atoms with Gasteiger partial charge in [0.05, 0.1) is 24.6 Å². The second-order valence-electron chi connectivity index (χ2n) is 5.20. The average Bonchev–Trinajstić information content (AvgIpc) is 3.27. The fraction of sp³-hybridized carbons (Fsp3) is 0.0588. The molecule has 0 unspecified atom stereocenters. The van der Waals surface area contributed by atoms with Crippen LogP contribution in [0.4, 0.5) is 0 Å². The first kappa shape index (κ1) is 14.1. The molecule has 0 aliphatic rings. The maximum Gasteiger partial charge on any atom is 0.287 e. The lowest BCUT2D eigenvalue weighted by molar-refractivity contribution is 0.0925. The number of nitrogens with one attached hydrogen (secondary N) is 1. The molecule has 4 rings (SSSR count). The van der Waals surface area contributed by atoms with Crippen molar-refractivity contribution in [3.63, 3.8) is 0 Å². The Morgan fingerprint density at radius 2 is 2.12 bits per heavy atom. The number of fused-ring (bicyclic) bond motifs is 1. The predicted octanol–water partition coefficient (Wildman–Crippen LogP) is 2.34. The van der Waals surface area contributed by atoms with Crippen LogP contribution in [0.5, 0.6) is 0 Å². The smallest absolute Gasteiger partial charge is 0.287 e. The summed E-state index contributed by atoms with van der Waals surface area (Å²) in [5, 5.41) is 11.7. The quantitative estimate of drug-likeness (QED) is 0.624. The van der Waals surface area contributed by atoms with E-state index in [1.54, 1.807) is 29.3 Å². The minimum absolute atomic E-state index is 0.260. The second-order valence-corrected chi connectivity index (χ2v) is 5.20. The summed E-state index contributed by atoms with van der Waals surface area (Å²) >= 11 is 0. The normalized spacial score (nSPS) is 10.8. The topological polar surface area (TPSA) is 85.8 Å². The molecule has 0 aliphatic carbocycles. The van der Waals surface area contributed by atoms with Crippen LogP contribution in [0.3, 0.4) is 0 Å². The lowest BCUT2D eigenvalue weighted by atomic mass is 10.2. The summed E-state index contributed by atoms with van der Waals surface area (Å²) in [7, 11) is 0. The third kappa shape index (κ3) is 2.74. The molecule has 0 spiro atoms. The Balaban J connectivity index is 1.45. The van der Waals surface area contributed by atoms with Gasteiger partial charge in [-0.05, 0) is 24.3 Å². The van der Waals surface area contributed by atoms with Gasteiger partial charge in [-0.2, -0.15) is 0 Å². The van der Waals surface area contributed by atoms with Crippen LogP contribution in [-0.2, 0) is 6.54 Å². The number of amides is 1. The van der Waals surface area contributed by atoms with Crippen LogP contribution in [0.15, 0.2) is 65.5 Å². The van der Waals surface area contributed by atoms with Gasteiger partial charge in [0.1, 0.15) is 11.3 Å². The third-order valence-corrected chi connectivity index (χ3v) is 3.53. The molecular formula is C17H13N5O2. The van der Waals surface area contributed by atoms with E-state index in [2.05, 4.69) is 20.6 Å². The van der Waals surface area contributed by atoms with Gasteiger partial charge in [0, 0.05) is 11.6 Å². The van der Waals surface area contributed by atoms with Crippen molar-refractivity contribution >= 4 is 16.9 Å². The zero-order chi connectivity index (χ0) is 16.4. The summed E-state index contributed by atoms with van der Waals surface area (Å²) in [6, 6.07) is 12.9. The Hall–Kier alpha value is -3.48. The van der Waals surface area contributed by atoms with Gasteiger partial charge >= 0.3 is 0 Å². The highest BCUT2D eigenvalue weighted by molar-refractivity contribution is 5.95. The van der Waals surface area contributed by atoms with Gasteiger partial charge in [0.25, 0.3) is 5.91 Å². The van der Waals surface area contributed by atoms with Crippen LogP contribution >= 0.6 is 0 Å². The van der Waals surface area contributed by atoms with E-state index in [1.807, 2.05) is 36.4 Å². The molecule has 7 heteroatoms. The molecule has 0 saturated carbocycles. The number of carbonyl (C=O) groups excluding carboxylic acids is 1. The Labute approximate surface area is 136 Å². The second kappa shape index (κ2) is 5.96. The molecule has 1 aromatic carbocycles. The summed E-state index contributed by atoms with van der Waals surface area (Å²) in [6.45, 7) is 0.260. The molecule has 0 bridgehead atoms. The van der Waals surface area contributed by atoms with E-state index in [0.29, 0.717) is 11.3 Å². The van der Waals surface area contributed by atoms with Crippen molar-refractivity contribution in [2.24, 2.45) is 0 Å². The molecule has 1 amide bonds. The van der Waals surface area contributed by atoms with Crippen molar-refractivity contribution < 1.29 is 9.21 Å². The minimum atomic E-state index is -0.290. The SMILES string of the molecule is O=C(NCc1cn(-c2cccnc2)nn1)c1cc2ccccc2o1. The molecular weight excluding hydrogens is 306 g/mol. The minimum Gasteiger partial charge on any atom is -0.451 e. The van der Waals surface area contributed by atoms with Gasteiger partial charge in [-0.3, -0.25) is 9.78 Å². The summed E-state index contributed by atoms with van der Waals surface area (Å²) < 4.78 is 7.14. The maximum atomic E-state index is 12.2. The molecule has 3 heterocycles. The Morgan fingerprint density at radius 3 is 2.96 bits per heavy atom. The molecule has 3 aromatic heterocycles. The number of para-hydroxylation sites is 1. The fourth-order valence-electron chi connectivity index (χ4n) is 2.35. The van der Waals surface area contributed by atoms with Gasteiger partial charge in [0.2, 0.25) is 0 Å². The first-order valence-electron chi connectivity index (χ1n) is 7.38. The van der Waals surface area contributed by atoms with Gasteiger partial charge in [-0.25, -0.2) is 4.68 Å². The first-order valence-corrected chi connectivity index (χ1v) is 7.38. The van der Waals surface area contributed by atoms with Crippen molar-refractivity contribution in [1.82, 2.24) is 25.3 Å². The largest absolute Gasteiger partial charge is 0.451 e. The molecule has 0 saturated heterocycles. The fourth-order valence-corrected chi connectivity index (χ4v) is 2.35. The summed E-state index contributed by atoms with van der Waals surface area (Å²) in [4.78, 5) is 16.2. The zero-order valence-electron chi connectivity index (χ0n) is 12.6. The third-order valence-electron chi connectivity index (χ3n) is 3.53. The Kier molecular flexibility index (Phi) is 3.51. The number of benzene rings is 1. The average molecular weight is 319 g/mol. The highest BCUT2D eigenvalue weighted by atomic mass is 16.3. The number of pyridine rings is 1. The molecule has 4 aromatic rings. The standard InChI is InChI=1S/C17H13N5O2/c23-17(16-8-12-4-1-2-6-15(12)24-16)19-9-13-11-22(21-20-13)14-5-3-7-18-10-14/h1-8,10-11H,9H2,(H,19,23). The molecule has 0 atom stereocenters. The summed E-state index contributed by atoms with van der Waals surface area (Å²) in [5.74, 6) is -0.0158. The van der Waals surface area contributed by atoms with Crippen molar-refractivity contribution in [2.75, 3.05) is 0 Å². The van der Waals surface area contributed by atoms with Crippen molar-refractivity contribution in [2.45, 2.75) is 6.54 Å². The lowest BCUT2D eigenvalue weighted by Crippen LogP contribution is -2.22. The molecule has 0 aliphatic heterocycles. The van der Waals surface area contributed by atoms with E-state index in [-0.39, 0.29) is 18.2 Å². The maximum absolute atomic E-state index is 12.2. The van der Waals surface area contributed by atoms with E-state index in [0.717, 1.165) is 11.1 Å². The summed E-state index contributed by atoms with van der Waals surface area (Å²) in [5.41, 5.74) is 2.13. The number of nitrogens with zero attached hydrogens (tertiary/aromatic N) is 4. The molecule has 1 N–H and O–H groups in total. The van der Waals surface area contributed by atoms with Crippen LogP contribution in [0, 0.1) is 0 Å². The monoisotopic (exact) mass is 319 g/mol.